The fourth-order valence-corrected chi connectivity index (χ4v) is 1.43. The average molecular weight is 264 g/mol. The number of hydrogen-bond acceptors (Lipinski definition) is 5. The Kier molecular flexibility index (Phi) is 3.69. The lowest BCUT2D eigenvalue weighted by Crippen LogP contribution is -2.20. The van der Waals surface area contributed by atoms with Crippen molar-refractivity contribution in [1.29, 1.82) is 0 Å². The minimum atomic E-state index is -0.374. The predicted molar refractivity (Wildman–Crippen MR) is 69.9 cm³/mol. The third-order valence-electron chi connectivity index (χ3n) is 2.18. The molecule has 2 aromatic rings. The highest BCUT2D eigenvalue weighted by Crippen LogP contribution is 2.14. The van der Waals surface area contributed by atoms with Gasteiger partial charge in [-0.05, 0) is 17.7 Å². The molecule has 0 fully saturated rings. The summed E-state index contributed by atoms with van der Waals surface area (Å²) in [4.78, 5) is 15.4. The highest BCUT2D eigenvalue weighted by atomic mass is 35.5. The number of hydrogen-bond donors (Lipinski definition) is 1. The van der Waals surface area contributed by atoms with Gasteiger partial charge < -0.3 is 0 Å². The van der Waals surface area contributed by atoms with Crippen molar-refractivity contribution in [2.24, 2.45) is 12.1 Å². The van der Waals surface area contributed by atoms with Gasteiger partial charge in [0.05, 0.1) is 12.4 Å². The van der Waals surface area contributed by atoms with Crippen LogP contribution in [-0.2, 0) is 7.05 Å². The van der Waals surface area contributed by atoms with Gasteiger partial charge in [-0.1, -0.05) is 11.6 Å². The molecule has 0 saturated carbocycles. The van der Waals surface area contributed by atoms with Crippen molar-refractivity contribution < 1.29 is 0 Å². The molecule has 0 aliphatic rings. The van der Waals surface area contributed by atoms with Gasteiger partial charge in [0.25, 0.3) is 5.56 Å². The molecule has 18 heavy (non-hydrogen) atoms. The van der Waals surface area contributed by atoms with Crippen molar-refractivity contribution in [2.45, 2.75) is 0 Å². The molecule has 0 atom stereocenters. The molecular formula is C11H10ClN5O. The summed E-state index contributed by atoms with van der Waals surface area (Å²) >= 11 is 5.86. The van der Waals surface area contributed by atoms with Crippen LogP contribution in [0.15, 0.2) is 40.6 Å². The minimum absolute atomic E-state index is 0.0550. The fourth-order valence-electron chi connectivity index (χ4n) is 1.21. The second kappa shape index (κ2) is 5.42. The molecule has 1 N–H and O–H groups in total. The Morgan fingerprint density at radius 2 is 2.17 bits per heavy atom. The summed E-state index contributed by atoms with van der Waals surface area (Å²) in [5.41, 5.74) is 3.54. The molecule has 0 aliphatic carbocycles. The van der Waals surface area contributed by atoms with Crippen LogP contribution in [0.2, 0.25) is 5.02 Å². The van der Waals surface area contributed by atoms with Crippen molar-refractivity contribution >= 4 is 23.5 Å². The fraction of sp³-hybridized carbons (Fsp3) is 0.0909. The lowest BCUT2D eigenvalue weighted by atomic mass is 10.3. The Morgan fingerprint density at radius 1 is 1.44 bits per heavy atom. The van der Waals surface area contributed by atoms with Crippen LogP contribution in [0.4, 0.5) is 5.69 Å². The van der Waals surface area contributed by atoms with Gasteiger partial charge in [0.15, 0.2) is 0 Å². The van der Waals surface area contributed by atoms with E-state index in [1.54, 1.807) is 30.7 Å². The van der Waals surface area contributed by atoms with Gasteiger partial charge in [-0.25, -0.2) is 4.68 Å². The molecule has 92 valence electrons. The molecule has 0 amide bonds. The molecule has 6 nitrogen and oxygen atoms in total. The predicted octanol–water partition coefficient (Wildman–Crippen LogP) is 1.27. The van der Waals surface area contributed by atoms with E-state index in [-0.39, 0.29) is 10.6 Å². The maximum absolute atomic E-state index is 11.5. The largest absolute Gasteiger partial charge is 0.287 e. The van der Waals surface area contributed by atoms with Crippen LogP contribution in [0.1, 0.15) is 5.56 Å². The first-order valence-corrected chi connectivity index (χ1v) is 5.47. The normalized spacial score (nSPS) is 10.8. The zero-order valence-corrected chi connectivity index (χ0v) is 10.3. The second-order valence-corrected chi connectivity index (χ2v) is 3.83. The molecule has 0 spiro atoms. The SMILES string of the molecule is Cn1ncc(N/N=C\c2ccncc2)c(Cl)c1=O. The summed E-state index contributed by atoms with van der Waals surface area (Å²) in [5.74, 6) is 0. The van der Waals surface area contributed by atoms with Gasteiger partial charge in [-0.15, -0.1) is 0 Å². The van der Waals surface area contributed by atoms with E-state index in [0.717, 1.165) is 10.2 Å². The van der Waals surface area contributed by atoms with E-state index in [1.165, 1.54) is 13.2 Å². The number of nitrogens with zero attached hydrogens (tertiary/aromatic N) is 4. The van der Waals surface area contributed by atoms with Gasteiger partial charge in [0.2, 0.25) is 0 Å². The second-order valence-electron chi connectivity index (χ2n) is 3.45. The molecule has 7 heteroatoms. The highest BCUT2D eigenvalue weighted by molar-refractivity contribution is 6.32. The number of aromatic nitrogens is 3. The summed E-state index contributed by atoms with van der Waals surface area (Å²) in [6.07, 6.45) is 6.35. The first-order valence-electron chi connectivity index (χ1n) is 5.09. The van der Waals surface area contributed by atoms with E-state index in [2.05, 4.69) is 20.6 Å². The minimum Gasteiger partial charge on any atom is -0.275 e. The molecule has 0 radical (unpaired) electrons. The van der Waals surface area contributed by atoms with Gasteiger partial charge in [-0.3, -0.25) is 15.2 Å². The van der Waals surface area contributed by atoms with Gasteiger partial charge in [0, 0.05) is 19.4 Å². The summed E-state index contributed by atoms with van der Waals surface area (Å²) in [6, 6.07) is 3.60. The van der Waals surface area contributed by atoms with Gasteiger partial charge >= 0.3 is 0 Å². The number of aryl methyl sites for hydroxylation is 1. The topological polar surface area (TPSA) is 72.2 Å². The molecule has 0 aliphatic heterocycles. The van der Waals surface area contributed by atoms with Gasteiger partial charge in [-0.2, -0.15) is 10.2 Å². The lowest BCUT2D eigenvalue weighted by molar-refractivity contribution is 0.708. The zero-order valence-electron chi connectivity index (χ0n) is 9.54. The molecule has 2 aromatic heterocycles. The Bertz CT molecular complexity index is 623. The van der Waals surface area contributed by atoms with Crippen LogP contribution in [0.25, 0.3) is 0 Å². The first-order chi connectivity index (χ1) is 8.68. The van der Waals surface area contributed by atoms with E-state index in [1.807, 2.05) is 0 Å². The molecule has 0 aromatic carbocycles. The Labute approximate surface area is 108 Å². The number of nitrogens with one attached hydrogen (secondary N) is 1. The Hall–Kier alpha value is -2.21. The lowest BCUT2D eigenvalue weighted by Gasteiger charge is -2.03. The molecule has 0 unspecified atom stereocenters. The van der Waals surface area contributed by atoms with E-state index >= 15 is 0 Å². The van der Waals surface area contributed by atoms with Crippen molar-refractivity contribution in [3.63, 3.8) is 0 Å². The monoisotopic (exact) mass is 263 g/mol. The third kappa shape index (κ3) is 2.72. The van der Waals surface area contributed by atoms with Crippen LogP contribution in [0.5, 0.6) is 0 Å². The third-order valence-corrected chi connectivity index (χ3v) is 2.55. The van der Waals surface area contributed by atoms with Crippen LogP contribution >= 0.6 is 11.6 Å². The average Bonchev–Trinajstić information content (AvgIpc) is 2.40. The van der Waals surface area contributed by atoms with Crippen molar-refractivity contribution in [1.82, 2.24) is 14.8 Å². The standard InChI is InChI=1S/C11H10ClN5O/c1-17-11(18)10(12)9(7-15-17)16-14-6-8-2-4-13-5-3-8/h2-7,16H,1H3/b14-6-. The van der Waals surface area contributed by atoms with Crippen LogP contribution in [0, 0.1) is 0 Å². The van der Waals surface area contributed by atoms with Crippen LogP contribution < -0.4 is 11.0 Å². The molecule has 2 heterocycles. The number of anilines is 1. The maximum Gasteiger partial charge on any atom is 0.287 e. The van der Waals surface area contributed by atoms with E-state index in [9.17, 15) is 4.79 Å². The van der Waals surface area contributed by atoms with Crippen LogP contribution in [-0.4, -0.2) is 21.0 Å². The first kappa shape index (κ1) is 12.3. The Morgan fingerprint density at radius 3 is 2.89 bits per heavy atom. The van der Waals surface area contributed by atoms with Crippen molar-refractivity contribution in [3.8, 4) is 0 Å². The van der Waals surface area contributed by atoms with Crippen molar-refractivity contribution in [2.75, 3.05) is 5.43 Å². The summed E-state index contributed by atoms with van der Waals surface area (Å²) in [5, 5.41) is 7.86. The molecular weight excluding hydrogens is 254 g/mol. The van der Waals surface area contributed by atoms with Crippen LogP contribution in [0.3, 0.4) is 0 Å². The zero-order chi connectivity index (χ0) is 13.0. The quantitative estimate of drug-likeness (QED) is 0.669. The number of halogens is 1. The number of pyridine rings is 1. The number of hydrazone groups is 1. The Balaban J connectivity index is 2.14. The highest BCUT2D eigenvalue weighted by Gasteiger charge is 2.05. The maximum atomic E-state index is 11.5. The smallest absolute Gasteiger partial charge is 0.275 e. The van der Waals surface area contributed by atoms with E-state index < -0.39 is 0 Å². The van der Waals surface area contributed by atoms with Gasteiger partial charge in [0.1, 0.15) is 10.7 Å². The molecule has 2 rings (SSSR count). The molecule has 0 bridgehead atoms. The van der Waals surface area contributed by atoms with E-state index in [0.29, 0.717) is 5.69 Å². The van der Waals surface area contributed by atoms with E-state index in [4.69, 9.17) is 11.6 Å². The summed E-state index contributed by atoms with van der Waals surface area (Å²) in [7, 11) is 1.53. The summed E-state index contributed by atoms with van der Waals surface area (Å²) in [6.45, 7) is 0. The van der Waals surface area contributed by atoms with Crippen molar-refractivity contribution in [3.05, 3.63) is 51.7 Å². The summed E-state index contributed by atoms with van der Waals surface area (Å²) < 4.78 is 1.15. The molecule has 0 saturated heterocycles. The number of rotatable bonds is 3.